The van der Waals surface area contributed by atoms with E-state index < -0.39 is 19.0 Å². The number of rotatable bonds is 9. The highest BCUT2D eigenvalue weighted by Gasteiger charge is 2.26. The van der Waals surface area contributed by atoms with Gasteiger partial charge in [-0.2, -0.15) is 0 Å². The van der Waals surface area contributed by atoms with Gasteiger partial charge in [-0.15, -0.1) is 0 Å². The van der Waals surface area contributed by atoms with E-state index in [9.17, 15) is 13.6 Å². The first-order chi connectivity index (χ1) is 15.8. The Kier molecular flexibility index (Phi) is 13.3. The fourth-order valence-electron chi connectivity index (χ4n) is 3.02. The molecule has 184 valence electrons. The van der Waals surface area contributed by atoms with Gasteiger partial charge in [-0.1, -0.05) is 6.08 Å². The summed E-state index contributed by atoms with van der Waals surface area (Å²) in [5, 5.41) is 22.7. The van der Waals surface area contributed by atoms with E-state index in [2.05, 4.69) is 32.3 Å². The van der Waals surface area contributed by atoms with Crippen molar-refractivity contribution in [2.24, 2.45) is 0 Å². The topological polar surface area (TPSA) is 99.4 Å². The molecule has 0 aromatic carbocycles. The number of aliphatic hydroxyl groups is 2. The van der Waals surface area contributed by atoms with Crippen LogP contribution in [0, 0.1) is 6.92 Å². The molecule has 2 heterocycles. The average molecular weight is 467 g/mol. The van der Waals surface area contributed by atoms with Gasteiger partial charge in [0.15, 0.2) is 0 Å². The summed E-state index contributed by atoms with van der Waals surface area (Å²) in [6.07, 6.45) is 9.81. The van der Waals surface area contributed by atoms with Crippen molar-refractivity contribution in [1.82, 2.24) is 20.2 Å². The molecular formula is C24H36F2N4O3. The molecule has 1 aliphatic carbocycles. The molecular weight excluding hydrogens is 430 g/mol. The summed E-state index contributed by atoms with van der Waals surface area (Å²) in [7, 11) is 3.42. The third kappa shape index (κ3) is 10.3. The number of aliphatic hydroxyl groups excluding tert-OH is 2. The molecule has 0 atom stereocenters. The Bertz CT molecular complexity index is 908. The highest BCUT2D eigenvalue weighted by atomic mass is 19.3. The molecule has 0 saturated heterocycles. The first-order valence-electron chi connectivity index (χ1n) is 11.0. The molecule has 7 nitrogen and oxygen atoms in total. The van der Waals surface area contributed by atoms with Crippen LogP contribution in [0.25, 0.3) is 16.7 Å². The number of aromatic nitrogens is 2. The lowest BCUT2D eigenvalue weighted by atomic mass is 10.0. The Morgan fingerprint density at radius 2 is 1.85 bits per heavy atom. The van der Waals surface area contributed by atoms with Crippen molar-refractivity contribution in [1.29, 1.82) is 0 Å². The van der Waals surface area contributed by atoms with Crippen molar-refractivity contribution in [3.63, 3.8) is 0 Å². The van der Waals surface area contributed by atoms with Crippen molar-refractivity contribution in [2.45, 2.75) is 38.5 Å². The van der Waals surface area contributed by atoms with Crippen LogP contribution in [0.4, 0.5) is 8.78 Å². The molecule has 1 aliphatic rings. The van der Waals surface area contributed by atoms with Gasteiger partial charge < -0.3 is 25.4 Å². The largest absolute Gasteiger partial charge is 0.396 e. The second-order valence-corrected chi connectivity index (χ2v) is 7.64. The Morgan fingerprint density at radius 3 is 2.36 bits per heavy atom. The fourth-order valence-corrected chi connectivity index (χ4v) is 3.02. The first-order valence-corrected chi connectivity index (χ1v) is 11.0. The van der Waals surface area contributed by atoms with Crippen LogP contribution in [-0.4, -0.2) is 72.4 Å². The number of nitrogens with one attached hydrogen (secondary N) is 2. The van der Waals surface area contributed by atoms with Gasteiger partial charge in [0.25, 0.3) is 5.92 Å². The number of halogens is 2. The van der Waals surface area contributed by atoms with E-state index in [0.717, 1.165) is 35.7 Å². The standard InChI is InChI=1S/C15H14N2O.C6H13F2NO.C3H9NO/c1-11-8-13-6-7-17(15(13)16-9-11)14-4-2-12(10-18)3-5-14;1-9-4-2-6(7,8)3-5-10;1-4-2-3-5/h2,4,6-10H,3,5H2,1H3;9-10H,2-5H2,1H3;4-5H,2-3H2,1H3. The van der Waals surface area contributed by atoms with Crippen molar-refractivity contribution >= 4 is 23.0 Å². The van der Waals surface area contributed by atoms with Crippen LogP contribution in [0.2, 0.25) is 0 Å². The van der Waals surface area contributed by atoms with E-state index in [1.807, 2.05) is 31.5 Å². The van der Waals surface area contributed by atoms with Crippen molar-refractivity contribution < 1.29 is 23.8 Å². The van der Waals surface area contributed by atoms with Crippen LogP contribution < -0.4 is 10.6 Å². The lowest BCUT2D eigenvalue weighted by molar-refractivity contribution is -0.105. The van der Waals surface area contributed by atoms with Crippen LogP contribution in [0.1, 0.15) is 31.2 Å². The van der Waals surface area contributed by atoms with Crippen LogP contribution in [0.3, 0.4) is 0 Å². The number of alkyl halides is 2. The third-order valence-corrected chi connectivity index (χ3v) is 4.86. The van der Waals surface area contributed by atoms with Crippen LogP contribution >= 0.6 is 0 Å². The van der Waals surface area contributed by atoms with Gasteiger partial charge >= 0.3 is 0 Å². The Balaban J connectivity index is 0.000000308. The lowest BCUT2D eigenvalue weighted by Crippen LogP contribution is -2.23. The molecule has 9 heteroatoms. The maximum atomic E-state index is 12.4. The molecule has 0 radical (unpaired) electrons. The van der Waals surface area contributed by atoms with Gasteiger partial charge in [-0.05, 0) is 63.2 Å². The van der Waals surface area contributed by atoms with E-state index in [0.29, 0.717) is 6.54 Å². The van der Waals surface area contributed by atoms with Crippen molar-refractivity contribution in [3.05, 3.63) is 47.8 Å². The van der Waals surface area contributed by atoms with Gasteiger partial charge in [0.1, 0.15) is 11.9 Å². The van der Waals surface area contributed by atoms with Gasteiger partial charge in [-0.25, -0.2) is 13.8 Å². The van der Waals surface area contributed by atoms with E-state index in [1.165, 1.54) is 11.3 Å². The molecule has 0 amide bonds. The Morgan fingerprint density at radius 1 is 1.12 bits per heavy atom. The highest BCUT2D eigenvalue weighted by molar-refractivity contribution is 5.82. The maximum Gasteiger partial charge on any atom is 0.251 e. The molecule has 2 aromatic heterocycles. The minimum Gasteiger partial charge on any atom is -0.396 e. The number of aldehydes is 1. The second-order valence-electron chi connectivity index (χ2n) is 7.64. The number of hydrogen-bond acceptors (Lipinski definition) is 6. The van der Waals surface area contributed by atoms with Gasteiger partial charge in [0, 0.05) is 56.0 Å². The van der Waals surface area contributed by atoms with Crippen LogP contribution in [0.15, 0.2) is 42.3 Å². The number of fused-ring (bicyclic) bond motifs is 1. The monoisotopic (exact) mass is 466 g/mol. The number of carbonyl (C=O) groups excluding carboxylic acids is 1. The summed E-state index contributed by atoms with van der Waals surface area (Å²) in [4.78, 5) is 15.2. The quantitative estimate of drug-likeness (QED) is 0.424. The summed E-state index contributed by atoms with van der Waals surface area (Å²) in [6.45, 7) is 2.81. The molecule has 3 rings (SSSR count). The zero-order valence-corrected chi connectivity index (χ0v) is 19.7. The zero-order chi connectivity index (χ0) is 24.7. The minimum absolute atomic E-state index is 0.204. The summed E-state index contributed by atoms with van der Waals surface area (Å²) in [5.74, 6) is -2.71. The number of likely N-dealkylation sites (N-methyl/N-ethyl adjacent to an activating group) is 1. The van der Waals surface area contributed by atoms with Crippen LogP contribution in [0.5, 0.6) is 0 Å². The molecule has 33 heavy (non-hydrogen) atoms. The van der Waals surface area contributed by atoms with E-state index in [-0.39, 0.29) is 19.6 Å². The van der Waals surface area contributed by atoms with E-state index >= 15 is 0 Å². The number of pyridine rings is 1. The second kappa shape index (κ2) is 15.4. The number of nitrogens with zero attached hydrogens (tertiary/aromatic N) is 2. The Hall–Kier alpha value is -2.46. The fraction of sp³-hybridized carbons (Fsp3) is 0.500. The summed E-state index contributed by atoms with van der Waals surface area (Å²) < 4.78 is 26.9. The summed E-state index contributed by atoms with van der Waals surface area (Å²) >= 11 is 0. The third-order valence-electron chi connectivity index (χ3n) is 4.86. The molecule has 0 unspecified atom stereocenters. The molecule has 0 saturated carbocycles. The van der Waals surface area contributed by atoms with E-state index in [4.69, 9.17) is 10.2 Å². The summed E-state index contributed by atoms with van der Waals surface area (Å²) in [6, 6.07) is 4.21. The van der Waals surface area contributed by atoms with Gasteiger partial charge in [0.05, 0.1) is 6.61 Å². The first kappa shape index (κ1) is 28.6. The maximum absolute atomic E-state index is 12.4. The molecule has 0 aliphatic heterocycles. The highest BCUT2D eigenvalue weighted by Crippen LogP contribution is 2.25. The minimum atomic E-state index is -2.71. The SMILES string of the molecule is CNCCC(F)(F)CCO.CNCCO.Cc1cnc2c(ccn2C2=CC=C(C=O)CC2)c1. The number of aryl methyl sites for hydroxylation is 1. The van der Waals surface area contributed by atoms with E-state index in [1.54, 1.807) is 14.1 Å². The predicted molar refractivity (Wildman–Crippen MR) is 128 cm³/mol. The molecule has 0 bridgehead atoms. The number of hydrogen-bond donors (Lipinski definition) is 4. The number of allylic oxidation sites excluding steroid dienone is 4. The molecule has 0 fully saturated rings. The van der Waals surface area contributed by atoms with Crippen molar-refractivity contribution in [2.75, 3.05) is 40.4 Å². The Labute approximate surface area is 194 Å². The van der Waals surface area contributed by atoms with Crippen molar-refractivity contribution in [3.8, 4) is 0 Å². The molecule has 2 aromatic rings. The lowest BCUT2D eigenvalue weighted by Gasteiger charge is -2.13. The molecule has 4 N–H and O–H groups in total. The number of carbonyl (C=O) groups is 1. The average Bonchev–Trinajstić information content (AvgIpc) is 3.22. The van der Waals surface area contributed by atoms with Gasteiger partial charge in [0.2, 0.25) is 0 Å². The molecule has 0 spiro atoms. The zero-order valence-electron chi connectivity index (χ0n) is 19.7. The van der Waals surface area contributed by atoms with Gasteiger partial charge in [-0.3, -0.25) is 4.79 Å². The predicted octanol–water partition coefficient (Wildman–Crippen LogP) is 2.92. The van der Waals surface area contributed by atoms with Crippen LogP contribution in [-0.2, 0) is 4.79 Å². The normalized spacial score (nSPS) is 13.3. The smallest absolute Gasteiger partial charge is 0.251 e. The summed E-state index contributed by atoms with van der Waals surface area (Å²) in [5.41, 5.74) is 4.20.